The fraction of sp³-hybridized carbons (Fsp3) is 0.640. The SMILES string of the molecule is C[C@@H]1C(=O)N(C(=O)C2CC2)[C@H]2CCN(C(=O)[C@@H]3CCCN3S(=O)(=O)Cc3cccc(N(C)C)c3)[C@H]12. The van der Waals surface area contributed by atoms with Crippen LogP contribution in [0.3, 0.4) is 0 Å². The standard InChI is InChI=1S/C25H34N4O5S/c1-16-22-20(29(23(16)30)24(31)18-9-10-18)11-13-27(22)25(32)21-8-5-12-28(21)35(33,34)15-17-6-4-7-19(14-17)26(2)3/h4,6-7,14,16,18,20-22H,5,8-13,15H2,1-3H3/t16-,20-,21-,22+/m0/s1. The first-order valence-electron chi connectivity index (χ1n) is 12.5. The average molecular weight is 503 g/mol. The lowest BCUT2D eigenvalue weighted by Crippen LogP contribution is -2.51. The molecule has 3 saturated heterocycles. The first-order valence-corrected chi connectivity index (χ1v) is 14.1. The summed E-state index contributed by atoms with van der Waals surface area (Å²) >= 11 is 0. The van der Waals surface area contributed by atoms with E-state index < -0.39 is 22.0 Å². The number of fused-ring (bicyclic) bond motifs is 1. The normalized spacial score (nSPS) is 29.1. The van der Waals surface area contributed by atoms with Gasteiger partial charge in [-0.3, -0.25) is 19.3 Å². The summed E-state index contributed by atoms with van der Waals surface area (Å²) in [6, 6.07) is 5.97. The molecule has 35 heavy (non-hydrogen) atoms. The first kappa shape index (κ1) is 24.2. The highest BCUT2D eigenvalue weighted by Crippen LogP contribution is 2.41. The predicted molar refractivity (Wildman–Crippen MR) is 131 cm³/mol. The van der Waals surface area contributed by atoms with Crippen molar-refractivity contribution < 1.29 is 22.8 Å². The highest BCUT2D eigenvalue weighted by molar-refractivity contribution is 7.88. The number of likely N-dealkylation sites (tertiary alicyclic amines) is 2. The molecule has 4 fully saturated rings. The van der Waals surface area contributed by atoms with Crippen molar-refractivity contribution >= 4 is 33.4 Å². The van der Waals surface area contributed by atoms with E-state index in [9.17, 15) is 22.8 Å². The van der Waals surface area contributed by atoms with E-state index >= 15 is 0 Å². The predicted octanol–water partition coefficient (Wildman–Crippen LogP) is 1.43. The Kier molecular flexibility index (Phi) is 6.15. The van der Waals surface area contributed by atoms with Gasteiger partial charge in [0.25, 0.3) is 0 Å². The minimum Gasteiger partial charge on any atom is -0.378 e. The maximum atomic E-state index is 13.7. The highest BCUT2D eigenvalue weighted by Gasteiger charge is 2.57. The van der Waals surface area contributed by atoms with Gasteiger partial charge >= 0.3 is 0 Å². The molecule has 1 saturated carbocycles. The lowest BCUT2D eigenvalue weighted by Gasteiger charge is -2.31. The Morgan fingerprint density at radius 1 is 1.06 bits per heavy atom. The summed E-state index contributed by atoms with van der Waals surface area (Å²) in [4.78, 5) is 44.5. The van der Waals surface area contributed by atoms with Crippen molar-refractivity contribution in [2.24, 2.45) is 11.8 Å². The topological polar surface area (TPSA) is 98.3 Å². The van der Waals surface area contributed by atoms with Gasteiger partial charge in [0.15, 0.2) is 0 Å². The van der Waals surface area contributed by atoms with Gasteiger partial charge in [-0.15, -0.1) is 0 Å². The lowest BCUT2D eigenvalue weighted by molar-refractivity contribution is -0.146. The minimum atomic E-state index is -3.72. The Labute approximate surface area is 207 Å². The van der Waals surface area contributed by atoms with Crippen molar-refractivity contribution in [2.45, 2.75) is 62.9 Å². The van der Waals surface area contributed by atoms with Crippen molar-refractivity contribution in [1.82, 2.24) is 14.1 Å². The number of amides is 3. The van der Waals surface area contributed by atoms with Crippen LogP contribution in [-0.4, -0.2) is 85.6 Å². The summed E-state index contributed by atoms with van der Waals surface area (Å²) < 4.78 is 28.2. The van der Waals surface area contributed by atoms with Crippen molar-refractivity contribution in [2.75, 3.05) is 32.1 Å². The summed E-state index contributed by atoms with van der Waals surface area (Å²) in [7, 11) is 0.0890. The maximum absolute atomic E-state index is 13.7. The number of anilines is 1. The molecule has 1 aromatic carbocycles. The first-order chi connectivity index (χ1) is 16.6. The summed E-state index contributed by atoms with van der Waals surface area (Å²) in [6.45, 7) is 2.54. The van der Waals surface area contributed by atoms with Crippen LogP contribution in [0.1, 0.15) is 44.6 Å². The number of hydrogen-bond donors (Lipinski definition) is 0. The third-order valence-electron chi connectivity index (χ3n) is 7.96. The Morgan fingerprint density at radius 3 is 2.49 bits per heavy atom. The molecule has 0 spiro atoms. The Hall–Kier alpha value is -2.46. The van der Waals surface area contributed by atoms with Crippen LogP contribution < -0.4 is 4.90 Å². The van der Waals surface area contributed by atoms with E-state index in [2.05, 4.69) is 0 Å². The molecule has 0 bridgehead atoms. The fourth-order valence-corrected chi connectivity index (χ4v) is 7.76. The van der Waals surface area contributed by atoms with Gasteiger partial charge in [0.1, 0.15) is 6.04 Å². The van der Waals surface area contributed by atoms with Gasteiger partial charge in [-0.05, 0) is 49.8 Å². The molecule has 0 radical (unpaired) electrons. The molecule has 4 atom stereocenters. The van der Waals surface area contributed by atoms with Crippen LogP contribution in [-0.2, 0) is 30.2 Å². The average Bonchev–Trinajstić information content (AvgIpc) is 3.29. The summed E-state index contributed by atoms with van der Waals surface area (Å²) in [5.41, 5.74) is 1.60. The van der Waals surface area contributed by atoms with Gasteiger partial charge in [0.05, 0.1) is 23.8 Å². The minimum absolute atomic E-state index is 0.0592. The number of sulfonamides is 1. The zero-order valence-corrected chi connectivity index (χ0v) is 21.4. The molecule has 3 aliphatic heterocycles. The molecule has 0 aromatic heterocycles. The second-order valence-corrected chi connectivity index (χ2v) is 12.5. The third-order valence-corrected chi connectivity index (χ3v) is 9.81. The van der Waals surface area contributed by atoms with Gasteiger partial charge in [-0.2, -0.15) is 4.31 Å². The number of benzene rings is 1. The molecule has 10 heteroatoms. The van der Waals surface area contributed by atoms with Crippen molar-refractivity contribution in [1.29, 1.82) is 0 Å². The molecular weight excluding hydrogens is 468 g/mol. The number of nitrogens with zero attached hydrogens (tertiary/aromatic N) is 4. The molecule has 9 nitrogen and oxygen atoms in total. The smallest absolute Gasteiger partial charge is 0.241 e. The van der Waals surface area contributed by atoms with Crippen LogP contribution in [0.5, 0.6) is 0 Å². The summed E-state index contributed by atoms with van der Waals surface area (Å²) in [6.07, 6.45) is 3.29. The van der Waals surface area contributed by atoms with Gasteiger partial charge in [-0.25, -0.2) is 8.42 Å². The van der Waals surface area contributed by atoms with E-state index in [-0.39, 0.29) is 41.5 Å². The molecule has 4 aliphatic rings. The van der Waals surface area contributed by atoms with Gasteiger partial charge in [0.2, 0.25) is 27.7 Å². The molecule has 1 aliphatic carbocycles. The molecule has 3 amide bonds. The van der Waals surface area contributed by atoms with E-state index in [1.807, 2.05) is 37.2 Å². The number of rotatable bonds is 6. The largest absolute Gasteiger partial charge is 0.378 e. The van der Waals surface area contributed by atoms with Crippen LogP contribution >= 0.6 is 0 Å². The Balaban J connectivity index is 1.33. The molecular formula is C25H34N4O5S. The molecule has 190 valence electrons. The Morgan fingerprint density at radius 2 is 1.80 bits per heavy atom. The number of carbonyl (C=O) groups is 3. The van der Waals surface area contributed by atoms with Crippen LogP contribution in [0.15, 0.2) is 24.3 Å². The zero-order chi connectivity index (χ0) is 25.1. The molecule has 5 rings (SSSR count). The van der Waals surface area contributed by atoms with E-state index in [0.29, 0.717) is 37.9 Å². The van der Waals surface area contributed by atoms with E-state index in [1.165, 1.54) is 9.21 Å². The summed E-state index contributed by atoms with van der Waals surface area (Å²) in [5.74, 6) is -1.23. The lowest BCUT2D eigenvalue weighted by atomic mass is 10.0. The van der Waals surface area contributed by atoms with Crippen molar-refractivity contribution in [3.63, 3.8) is 0 Å². The van der Waals surface area contributed by atoms with Crippen LogP contribution in [0.4, 0.5) is 5.69 Å². The van der Waals surface area contributed by atoms with Crippen molar-refractivity contribution in [3.8, 4) is 0 Å². The van der Waals surface area contributed by atoms with Crippen LogP contribution in [0.2, 0.25) is 0 Å². The second kappa shape index (κ2) is 8.89. The van der Waals surface area contributed by atoms with Crippen molar-refractivity contribution in [3.05, 3.63) is 29.8 Å². The second-order valence-electron chi connectivity index (χ2n) is 10.6. The van der Waals surface area contributed by atoms with E-state index in [0.717, 1.165) is 18.5 Å². The van der Waals surface area contributed by atoms with Crippen LogP contribution in [0, 0.1) is 11.8 Å². The molecule has 0 unspecified atom stereocenters. The quantitative estimate of drug-likeness (QED) is 0.546. The van der Waals surface area contributed by atoms with E-state index in [4.69, 9.17) is 0 Å². The molecule has 3 heterocycles. The highest BCUT2D eigenvalue weighted by atomic mass is 32.2. The zero-order valence-electron chi connectivity index (χ0n) is 20.6. The molecule has 0 N–H and O–H groups in total. The van der Waals surface area contributed by atoms with Crippen LogP contribution in [0.25, 0.3) is 0 Å². The fourth-order valence-electron chi connectivity index (χ4n) is 6.00. The van der Waals surface area contributed by atoms with Gasteiger partial charge < -0.3 is 9.80 Å². The van der Waals surface area contributed by atoms with Gasteiger partial charge in [0, 0.05) is 38.8 Å². The number of imide groups is 1. The number of carbonyl (C=O) groups excluding carboxylic acids is 3. The van der Waals surface area contributed by atoms with Gasteiger partial charge in [-0.1, -0.05) is 19.1 Å². The Bertz CT molecular complexity index is 1150. The number of hydrogen-bond acceptors (Lipinski definition) is 6. The third kappa shape index (κ3) is 4.24. The summed E-state index contributed by atoms with van der Waals surface area (Å²) in [5, 5.41) is 0. The van der Waals surface area contributed by atoms with E-state index in [1.54, 1.807) is 17.9 Å². The maximum Gasteiger partial charge on any atom is 0.241 e. The molecule has 1 aromatic rings. The monoisotopic (exact) mass is 502 g/mol.